The maximum Gasteiger partial charge on any atom is 0.316 e. The number of likely N-dealkylation sites (tertiary alicyclic amines) is 1. The first-order valence-electron chi connectivity index (χ1n) is 7.41. The van der Waals surface area contributed by atoms with Crippen molar-refractivity contribution >= 4 is 45.0 Å². The van der Waals surface area contributed by atoms with E-state index in [1.54, 1.807) is 35.5 Å². The Morgan fingerprint density at radius 3 is 2.75 bits per heavy atom. The first kappa shape index (κ1) is 17.5. The summed E-state index contributed by atoms with van der Waals surface area (Å²) in [5.74, 6) is -0.123. The minimum atomic E-state index is -0.144. The molecule has 1 atom stereocenters. The van der Waals surface area contributed by atoms with Gasteiger partial charge in [-0.05, 0) is 47.0 Å². The first-order chi connectivity index (χ1) is 11.5. The van der Waals surface area contributed by atoms with Crippen molar-refractivity contribution in [2.45, 2.75) is 18.9 Å². The average Bonchev–Trinajstić information content (AvgIpc) is 2.57. The second-order valence-corrected chi connectivity index (χ2v) is 7.20. The Kier molecular flexibility index (Phi) is 5.58. The van der Waals surface area contributed by atoms with Gasteiger partial charge in [-0.25, -0.2) is 9.97 Å². The number of halogens is 3. The Morgan fingerprint density at radius 2 is 2.04 bits per heavy atom. The molecule has 1 aliphatic heterocycles. The van der Waals surface area contributed by atoms with E-state index in [2.05, 4.69) is 25.9 Å². The molecule has 0 N–H and O–H groups in total. The molecule has 2 heterocycles. The largest absolute Gasteiger partial charge is 0.458 e. The summed E-state index contributed by atoms with van der Waals surface area (Å²) >= 11 is 15.3. The van der Waals surface area contributed by atoms with Crippen LogP contribution in [0.4, 0.5) is 0 Å². The fourth-order valence-electron chi connectivity index (χ4n) is 2.56. The number of carbonyl (C=O) groups excluding carboxylic acids is 1. The predicted octanol–water partition coefficient (Wildman–Crippen LogP) is 4.23. The van der Waals surface area contributed by atoms with Gasteiger partial charge in [0.25, 0.3) is 5.91 Å². The van der Waals surface area contributed by atoms with Gasteiger partial charge in [-0.2, -0.15) is 0 Å². The van der Waals surface area contributed by atoms with E-state index >= 15 is 0 Å². The maximum absolute atomic E-state index is 12.7. The van der Waals surface area contributed by atoms with Gasteiger partial charge in [0.2, 0.25) is 0 Å². The van der Waals surface area contributed by atoms with Crippen LogP contribution in [0.1, 0.15) is 23.2 Å². The molecular formula is C16H14BrCl2N3O2. The molecule has 1 unspecified atom stereocenters. The molecule has 1 aromatic heterocycles. The highest BCUT2D eigenvalue weighted by Gasteiger charge is 2.27. The minimum absolute atomic E-state index is 0.123. The molecule has 0 saturated carbocycles. The van der Waals surface area contributed by atoms with E-state index in [1.165, 1.54) is 0 Å². The first-order valence-corrected chi connectivity index (χ1v) is 8.96. The van der Waals surface area contributed by atoms with Crippen LogP contribution in [0.3, 0.4) is 0 Å². The van der Waals surface area contributed by atoms with E-state index in [0.29, 0.717) is 34.7 Å². The van der Waals surface area contributed by atoms with Crippen LogP contribution < -0.4 is 4.74 Å². The van der Waals surface area contributed by atoms with Gasteiger partial charge < -0.3 is 9.64 Å². The topological polar surface area (TPSA) is 55.3 Å². The Labute approximate surface area is 158 Å². The summed E-state index contributed by atoms with van der Waals surface area (Å²) < 4.78 is 6.57. The second kappa shape index (κ2) is 7.68. The lowest BCUT2D eigenvalue weighted by Crippen LogP contribution is -2.44. The molecular weight excluding hydrogens is 417 g/mol. The second-order valence-electron chi connectivity index (χ2n) is 5.44. The number of ether oxygens (including phenoxy) is 1. The molecule has 0 spiro atoms. The molecule has 1 aromatic carbocycles. The zero-order valence-electron chi connectivity index (χ0n) is 12.6. The van der Waals surface area contributed by atoms with Gasteiger partial charge in [0.05, 0.1) is 21.6 Å². The van der Waals surface area contributed by atoms with Crippen molar-refractivity contribution in [3.05, 3.63) is 50.7 Å². The van der Waals surface area contributed by atoms with E-state index in [-0.39, 0.29) is 12.0 Å². The summed E-state index contributed by atoms with van der Waals surface area (Å²) in [6.07, 6.45) is 4.80. The third kappa shape index (κ3) is 4.18. The Morgan fingerprint density at radius 1 is 1.29 bits per heavy atom. The molecule has 8 heteroatoms. The molecule has 1 fully saturated rings. The number of hydrogen-bond acceptors (Lipinski definition) is 4. The highest BCUT2D eigenvalue weighted by molar-refractivity contribution is 9.10. The van der Waals surface area contributed by atoms with E-state index in [9.17, 15) is 4.79 Å². The Hall–Kier alpha value is -1.37. The molecule has 1 saturated heterocycles. The van der Waals surface area contributed by atoms with Crippen molar-refractivity contribution in [3.8, 4) is 6.01 Å². The Bertz CT molecular complexity index is 743. The highest BCUT2D eigenvalue weighted by atomic mass is 79.9. The van der Waals surface area contributed by atoms with Crippen LogP contribution in [0, 0.1) is 0 Å². The lowest BCUT2D eigenvalue weighted by atomic mass is 10.1. The maximum atomic E-state index is 12.7. The summed E-state index contributed by atoms with van der Waals surface area (Å²) in [5, 5.41) is 0.857. The van der Waals surface area contributed by atoms with Crippen LogP contribution in [0.5, 0.6) is 6.01 Å². The van der Waals surface area contributed by atoms with Gasteiger partial charge in [-0.1, -0.05) is 23.2 Å². The third-order valence-electron chi connectivity index (χ3n) is 3.70. The molecule has 5 nitrogen and oxygen atoms in total. The highest BCUT2D eigenvalue weighted by Crippen LogP contribution is 2.24. The lowest BCUT2D eigenvalue weighted by molar-refractivity contribution is 0.0516. The molecule has 1 amide bonds. The van der Waals surface area contributed by atoms with E-state index in [4.69, 9.17) is 27.9 Å². The fraction of sp³-hybridized carbons (Fsp3) is 0.312. The normalized spacial score (nSPS) is 17.6. The standard InChI is InChI=1S/C16H14BrCl2N3O2/c17-10-7-20-16(21-8-10)24-12-2-1-5-22(9-12)15(23)13-4-3-11(18)6-14(13)19/h3-4,6-8,12H,1-2,5,9H2. The number of rotatable bonds is 3. The van der Waals surface area contributed by atoms with Crippen molar-refractivity contribution in [1.29, 1.82) is 0 Å². The van der Waals surface area contributed by atoms with Gasteiger partial charge in [-0.15, -0.1) is 0 Å². The molecule has 126 valence electrons. The quantitative estimate of drug-likeness (QED) is 0.731. The monoisotopic (exact) mass is 429 g/mol. The third-order valence-corrected chi connectivity index (χ3v) is 4.65. The van der Waals surface area contributed by atoms with Crippen molar-refractivity contribution in [3.63, 3.8) is 0 Å². The summed E-state index contributed by atoms with van der Waals surface area (Å²) in [6, 6.07) is 5.19. The van der Waals surface area contributed by atoms with E-state index in [1.807, 2.05) is 0 Å². The van der Waals surface area contributed by atoms with Crippen LogP contribution in [-0.2, 0) is 0 Å². The number of hydrogen-bond donors (Lipinski definition) is 0. The van der Waals surface area contributed by atoms with Gasteiger partial charge in [0.1, 0.15) is 6.10 Å². The summed E-state index contributed by atoms with van der Waals surface area (Å²) in [7, 11) is 0. The SMILES string of the molecule is O=C(c1ccc(Cl)cc1Cl)N1CCCC(Oc2ncc(Br)cn2)C1. The number of carbonyl (C=O) groups is 1. The zero-order chi connectivity index (χ0) is 17.1. The van der Waals surface area contributed by atoms with Gasteiger partial charge in [-0.3, -0.25) is 4.79 Å². The molecule has 24 heavy (non-hydrogen) atoms. The molecule has 3 rings (SSSR count). The van der Waals surface area contributed by atoms with Gasteiger partial charge in [0.15, 0.2) is 0 Å². The lowest BCUT2D eigenvalue weighted by Gasteiger charge is -2.32. The number of piperidine rings is 1. The van der Waals surface area contributed by atoms with Crippen LogP contribution in [0.15, 0.2) is 35.1 Å². The van der Waals surface area contributed by atoms with Gasteiger partial charge >= 0.3 is 6.01 Å². The number of aromatic nitrogens is 2. The van der Waals surface area contributed by atoms with Crippen molar-refractivity contribution in [2.75, 3.05) is 13.1 Å². The van der Waals surface area contributed by atoms with E-state index < -0.39 is 0 Å². The summed E-state index contributed by atoms with van der Waals surface area (Å²) in [5.41, 5.74) is 0.446. The molecule has 1 aliphatic rings. The van der Waals surface area contributed by atoms with Gasteiger partial charge in [0, 0.05) is 24.0 Å². The number of nitrogens with zero attached hydrogens (tertiary/aromatic N) is 3. The average molecular weight is 431 g/mol. The predicted molar refractivity (Wildman–Crippen MR) is 95.7 cm³/mol. The summed E-state index contributed by atoms with van der Waals surface area (Å²) in [4.78, 5) is 22.6. The van der Waals surface area contributed by atoms with Crippen LogP contribution >= 0.6 is 39.1 Å². The number of benzene rings is 1. The van der Waals surface area contributed by atoms with Crippen LogP contribution in [0.2, 0.25) is 10.0 Å². The Balaban J connectivity index is 1.68. The zero-order valence-corrected chi connectivity index (χ0v) is 15.7. The van der Waals surface area contributed by atoms with Crippen molar-refractivity contribution < 1.29 is 9.53 Å². The molecule has 0 radical (unpaired) electrons. The molecule has 0 aliphatic carbocycles. The molecule has 0 bridgehead atoms. The fourth-order valence-corrected chi connectivity index (χ4v) is 3.26. The van der Waals surface area contributed by atoms with Crippen molar-refractivity contribution in [1.82, 2.24) is 14.9 Å². The summed E-state index contributed by atoms with van der Waals surface area (Å²) in [6.45, 7) is 1.13. The smallest absolute Gasteiger partial charge is 0.316 e. The minimum Gasteiger partial charge on any atom is -0.458 e. The van der Waals surface area contributed by atoms with E-state index in [0.717, 1.165) is 17.3 Å². The van der Waals surface area contributed by atoms with Crippen LogP contribution in [-0.4, -0.2) is 40.0 Å². The number of amides is 1. The van der Waals surface area contributed by atoms with Crippen molar-refractivity contribution in [2.24, 2.45) is 0 Å². The molecule has 2 aromatic rings. The van der Waals surface area contributed by atoms with Crippen LogP contribution in [0.25, 0.3) is 0 Å².